The second-order valence-corrected chi connectivity index (χ2v) is 5.87. The molecule has 0 bridgehead atoms. The minimum Gasteiger partial charge on any atom is -0.384 e. The number of nitrogens with one attached hydrogen (secondary N) is 2. The summed E-state index contributed by atoms with van der Waals surface area (Å²) >= 11 is 6.13. The fraction of sp³-hybridized carbons (Fsp3) is 0.133. The molecule has 126 valence electrons. The molecule has 2 heterocycles. The number of fused-ring (bicyclic) bond motifs is 1. The summed E-state index contributed by atoms with van der Waals surface area (Å²) in [7, 11) is 0. The number of carbonyl (C=O) groups excluding carboxylic acids is 1. The molecule has 0 saturated heterocycles. The Balaban J connectivity index is 2.08. The number of aromatic nitrogens is 1. The van der Waals surface area contributed by atoms with Crippen LogP contribution in [0.15, 0.2) is 36.8 Å². The molecular weight excluding hydrogens is 330 g/mol. The maximum atomic E-state index is 10.9. The smallest absolute Gasteiger partial charge is 0.238 e. The average molecular weight is 348 g/mol. The minimum atomic E-state index is -0.545. The molecule has 2 aromatic rings. The molecule has 1 aliphatic heterocycles. The second kappa shape index (κ2) is 6.44. The van der Waals surface area contributed by atoms with Crippen LogP contribution >= 0.6 is 11.6 Å². The van der Waals surface area contributed by atoms with Crippen LogP contribution in [0.1, 0.15) is 5.56 Å². The molecule has 24 heavy (non-hydrogen) atoms. The fourth-order valence-corrected chi connectivity index (χ4v) is 2.80. The minimum absolute atomic E-state index is 0.132. The van der Waals surface area contributed by atoms with Gasteiger partial charge in [-0.05, 0) is 17.7 Å². The number of nitrogens with two attached hydrogens (primary N) is 3. The SMILES string of the molecule is NC(=O)CN(N)/C=C(\N)n1cc(C2=CNNC2)c2ccc(Cl)cc21. The van der Waals surface area contributed by atoms with Crippen molar-refractivity contribution >= 4 is 39.8 Å². The third kappa shape index (κ3) is 3.16. The quantitative estimate of drug-likeness (QED) is 0.386. The molecule has 0 aliphatic carbocycles. The van der Waals surface area contributed by atoms with E-state index in [2.05, 4.69) is 10.9 Å². The topological polar surface area (TPSA) is 127 Å². The molecule has 1 aliphatic rings. The van der Waals surface area contributed by atoms with E-state index in [1.807, 2.05) is 30.6 Å². The van der Waals surface area contributed by atoms with Gasteiger partial charge in [0.2, 0.25) is 5.91 Å². The van der Waals surface area contributed by atoms with E-state index < -0.39 is 5.91 Å². The normalized spacial score (nSPS) is 14.6. The zero-order valence-electron chi connectivity index (χ0n) is 12.8. The molecule has 9 heteroatoms. The zero-order chi connectivity index (χ0) is 17.3. The summed E-state index contributed by atoms with van der Waals surface area (Å²) in [6.45, 7) is 0.558. The zero-order valence-corrected chi connectivity index (χ0v) is 13.5. The van der Waals surface area contributed by atoms with Crippen LogP contribution < -0.4 is 28.2 Å². The maximum absolute atomic E-state index is 10.9. The molecule has 8 nitrogen and oxygen atoms in total. The molecular formula is C15H18ClN7O. The first-order valence-corrected chi connectivity index (χ1v) is 7.59. The molecule has 0 radical (unpaired) electrons. The molecule has 1 aromatic heterocycles. The molecule has 0 atom stereocenters. The fourth-order valence-electron chi connectivity index (χ4n) is 2.64. The number of carbonyl (C=O) groups is 1. The molecule has 1 aromatic carbocycles. The predicted molar refractivity (Wildman–Crippen MR) is 94.6 cm³/mol. The van der Waals surface area contributed by atoms with E-state index in [9.17, 15) is 4.79 Å². The number of hydrazine groups is 2. The third-order valence-electron chi connectivity index (χ3n) is 3.66. The number of benzene rings is 1. The highest BCUT2D eigenvalue weighted by Gasteiger charge is 2.16. The standard InChI is InChI=1S/C15H18ClN7O/c16-10-1-2-11-12(9-4-20-21-5-9)6-23(13(11)3-10)14(17)7-22(19)8-15(18)24/h1-4,6-7,20-21H,5,8,17,19H2,(H2,18,24)/b14-7+. The van der Waals surface area contributed by atoms with Crippen LogP contribution in [-0.2, 0) is 4.79 Å². The van der Waals surface area contributed by atoms with Crippen LogP contribution in [0.5, 0.6) is 0 Å². The number of rotatable bonds is 5. The van der Waals surface area contributed by atoms with Gasteiger partial charge >= 0.3 is 0 Å². The van der Waals surface area contributed by atoms with Gasteiger partial charge in [0.15, 0.2) is 0 Å². The Hall–Kier alpha value is -2.68. The Morgan fingerprint density at radius 3 is 2.88 bits per heavy atom. The molecule has 0 spiro atoms. The number of amides is 1. The van der Waals surface area contributed by atoms with E-state index in [0.29, 0.717) is 17.4 Å². The van der Waals surface area contributed by atoms with E-state index in [4.69, 9.17) is 28.9 Å². The van der Waals surface area contributed by atoms with Gasteiger partial charge < -0.3 is 26.5 Å². The van der Waals surface area contributed by atoms with Crippen molar-refractivity contribution in [2.75, 3.05) is 13.1 Å². The van der Waals surface area contributed by atoms with Crippen molar-refractivity contribution in [3.8, 4) is 0 Å². The van der Waals surface area contributed by atoms with Gasteiger partial charge in [-0.2, -0.15) is 0 Å². The molecule has 8 N–H and O–H groups in total. The number of nitrogens with zero attached hydrogens (tertiary/aromatic N) is 2. The Morgan fingerprint density at radius 1 is 1.42 bits per heavy atom. The maximum Gasteiger partial charge on any atom is 0.238 e. The molecule has 0 saturated carbocycles. The van der Waals surface area contributed by atoms with E-state index in [1.54, 1.807) is 4.57 Å². The Kier molecular flexibility index (Phi) is 4.34. The monoisotopic (exact) mass is 347 g/mol. The van der Waals surface area contributed by atoms with Gasteiger partial charge in [0.1, 0.15) is 12.4 Å². The summed E-state index contributed by atoms with van der Waals surface area (Å²) in [6.07, 6.45) is 5.26. The molecule has 1 amide bonds. The van der Waals surface area contributed by atoms with Gasteiger partial charge in [-0.15, -0.1) is 0 Å². The van der Waals surface area contributed by atoms with Gasteiger partial charge in [-0.1, -0.05) is 17.7 Å². The Morgan fingerprint density at radius 2 is 2.21 bits per heavy atom. The first-order valence-electron chi connectivity index (χ1n) is 7.21. The van der Waals surface area contributed by atoms with Crippen molar-refractivity contribution < 1.29 is 4.79 Å². The van der Waals surface area contributed by atoms with E-state index in [-0.39, 0.29) is 6.54 Å². The predicted octanol–water partition coefficient (Wildman–Crippen LogP) is 0.119. The van der Waals surface area contributed by atoms with Crippen molar-refractivity contribution in [1.29, 1.82) is 0 Å². The average Bonchev–Trinajstić information content (AvgIpc) is 3.12. The molecule has 3 rings (SSSR count). The number of hydrogen-bond acceptors (Lipinski definition) is 6. The van der Waals surface area contributed by atoms with Gasteiger partial charge in [0.25, 0.3) is 0 Å². The lowest BCUT2D eigenvalue weighted by atomic mass is 10.1. The van der Waals surface area contributed by atoms with Crippen LogP contribution in [0.4, 0.5) is 0 Å². The Labute approximate surface area is 143 Å². The van der Waals surface area contributed by atoms with Crippen molar-refractivity contribution in [1.82, 2.24) is 20.4 Å². The van der Waals surface area contributed by atoms with Crippen LogP contribution in [0.25, 0.3) is 22.3 Å². The molecule has 0 fully saturated rings. The van der Waals surface area contributed by atoms with Crippen molar-refractivity contribution in [2.24, 2.45) is 17.3 Å². The highest BCUT2D eigenvalue weighted by molar-refractivity contribution is 6.31. The summed E-state index contributed by atoms with van der Waals surface area (Å²) in [5.74, 6) is 5.52. The third-order valence-corrected chi connectivity index (χ3v) is 3.89. The van der Waals surface area contributed by atoms with Gasteiger partial charge in [-0.25, -0.2) is 11.3 Å². The van der Waals surface area contributed by atoms with Gasteiger partial charge in [0, 0.05) is 34.9 Å². The summed E-state index contributed by atoms with van der Waals surface area (Å²) in [4.78, 5) is 10.9. The van der Waals surface area contributed by atoms with Crippen molar-refractivity contribution in [2.45, 2.75) is 0 Å². The van der Waals surface area contributed by atoms with Crippen LogP contribution in [0, 0.1) is 0 Å². The van der Waals surface area contributed by atoms with Crippen molar-refractivity contribution in [3.05, 3.63) is 47.4 Å². The number of primary amides is 1. The van der Waals surface area contributed by atoms with Crippen LogP contribution in [0.2, 0.25) is 5.02 Å². The lowest BCUT2D eigenvalue weighted by Gasteiger charge is -2.13. The second-order valence-electron chi connectivity index (χ2n) is 5.43. The first kappa shape index (κ1) is 16.2. The van der Waals surface area contributed by atoms with Crippen molar-refractivity contribution in [3.63, 3.8) is 0 Å². The van der Waals surface area contributed by atoms with E-state index in [0.717, 1.165) is 27.0 Å². The summed E-state index contributed by atoms with van der Waals surface area (Å²) in [6, 6.07) is 5.60. The van der Waals surface area contributed by atoms with Gasteiger partial charge in [0.05, 0.1) is 11.7 Å². The highest BCUT2D eigenvalue weighted by atomic mass is 35.5. The number of hydrogen-bond donors (Lipinski definition) is 5. The van der Waals surface area contributed by atoms with Gasteiger partial charge in [-0.3, -0.25) is 4.79 Å². The first-order chi connectivity index (χ1) is 11.5. The molecule has 0 unspecified atom stereocenters. The highest BCUT2D eigenvalue weighted by Crippen LogP contribution is 2.31. The lowest BCUT2D eigenvalue weighted by molar-refractivity contribution is -0.118. The number of halogens is 1. The summed E-state index contributed by atoms with van der Waals surface area (Å²) in [5.41, 5.74) is 20.2. The largest absolute Gasteiger partial charge is 0.384 e. The van der Waals surface area contributed by atoms with Crippen LogP contribution in [-0.4, -0.2) is 28.6 Å². The van der Waals surface area contributed by atoms with E-state index >= 15 is 0 Å². The van der Waals surface area contributed by atoms with E-state index in [1.165, 1.54) is 6.20 Å². The van der Waals surface area contributed by atoms with Crippen LogP contribution in [0.3, 0.4) is 0 Å². The summed E-state index contributed by atoms with van der Waals surface area (Å²) in [5, 5.41) is 2.75. The Bertz CT molecular complexity index is 855. The lowest BCUT2D eigenvalue weighted by Crippen LogP contribution is -2.35. The summed E-state index contributed by atoms with van der Waals surface area (Å²) < 4.78 is 1.77.